The van der Waals surface area contributed by atoms with Gasteiger partial charge in [0.2, 0.25) is 0 Å². The Morgan fingerprint density at radius 1 is 1.29 bits per heavy atom. The van der Waals surface area contributed by atoms with Gasteiger partial charge in [-0.25, -0.2) is 4.39 Å². The lowest BCUT2D eigenvalue weighted by Crippen LogP contribution is -2.50. The van der Waals surface area contributed by atoms with Gasteiger partial charge in [0.25, 0.3) is 0 Å². The number of alkyl halides is 3. The molecule has 0 amide bonds. The quantitative estimate of drug-likeness (QED) is 0.850. The minimum atomic E-state index is -4.70. The number of hydrogen-bond acceptors (Lipinski definition) is 2. The first kappa shape index (κ1) is 16.2. The first-order valence-electron chi connectivity index (χ1n) is 7.06. The Hall–Kier alpha value is -1.14. The Balaban J connectivity index is 2.30. The van der Waals surface area contributed by atoms with Crippen LogP contribution in [0.3, 0.4) is 0 Å². The van der Waals surface area contributed by atoms with Gasteiger partial charge >= 0.3 is 6.18 Å². The van der Waals surface area contributed by atoms with Crippen LogP contribution in [0.2, 0.25) is 0 Å². The Morgan fingerprint density at radius 3 is 2.52 bits per heavy atom. The number of benzene rings is 1. The largest absolute Gasteiger partial charge is 0.419 e. The summed E-state index contributed by atoms with van der Waals surface area (Å²) in [5, 5.41) is 3.20. The minimum Gasteiger partial charge on any atom is -0.364 e. The summed E-state index contributed by atoms with van der Waals surface area (Å²) in [6.07, 6.45) is -3.67. The van der Waals surface area contributed by atoms with Gasteiger partial charge < -0.3 is 10.1 Å². The number of halogens is 4. The first-order valence-corrected chi connectivity index (χ1v) is 7.06. The Morgan fingerprint density at radius 2 is 1.95 bits per heavy atom. The third kappa shape index (κ3) is 3.37. The van der Waals surface area contributed by atoms with Gasteiger partial charge in [0.05, 0.1) is 17.3 Å². The van der Waals surface area contributed by atoms with E-state index in [0.29, 0.717) is 18.7 Å². The highest BCUT2D eigenvalue weighted by molar-refractivity contribution is 5.29. The number of hydrogen-bond donors (Lipinski definition) is 1. The summed E-state index contributed by atoms with van der Waals surface area (Å²) in [4.78, 5) is 0. The van der Waals surface area contributed by atoms with E-state index in [-0.39, 0.29) is 5.60 Å². The number of morpholine rings is 1. The zero-order valence-corrected chi connectivity index (χ0v) is 12.1. The Bertz CT molecular complexity index is 497. The van der Waals surface area contributed by atoms with Crippen LogP contribution >= 0.6 is 0 Å². The molecular weight excluding hydrogens is 286 g/mol. The summed E-state index contributed by atoms with van der Waals surface area (Å²) in [5.74, 6) is -1.26. The molecule has 1 aliphatic heterocycles. The molecule has 1 aliphatic rings. The van der Waals surface area contributed by atoms with Crippen molar-refractivity contribution in [2.75, 3.05) is 13.1 Å². The topological polar surface area (TPSA) is 21.3 Å². The average Bonchev–Trinajstić information content (AvgIpc) is 2.46. The summed E-state index contributed by atoms with van der Waals surface area (Å²) in [6.45, 7) is 5.06. The molecule has 1 fully saturated rings. The lowest BCUT2D eigenvalue weighted by molar-refractivity contribution is -0.140. The molecule has 0 saturated carbocycles. The summed E-state index contributed by atoms with van der Waals surface area (Å²) in [5.41, 5.74) is -1.27. The number of nitrogens with one attached hydrogen (secondary N) is 1. The monoisotopic (exact) mass is 305 g/mol. The zero-order chi connectivity index (χ0) is 15.7. The third-order valence-corrected chi connectivity index (χ3v) is 4.13. The van der Waals surface area contributed by atoms with Gasteiger partial charge in [0, 0.05) is 13.1 Å². The molecule has 1 aromatic rings. The van der Waals surface area contributed by atoms with Crippen molar-refractivity contribution in [1.29, 1.82) is 0 Å². The molecule has 1 heterocycles. The average molecular weight is 305 g/mol. The lowest BCUT2D eigenvalue weighted by Gasteiger charge is -2.41. The molecular formula is C15H19F4NO. The normalized spacial score (nSPS) is 22.3. The zero-order valence-electron chi connectivity index (χ0n) is 12.1. The van der Waals surface area contributed by atoms with E-state index in [1.54, 1.807) is 0 Å². The van der Waals surface area contributed by atoms with E-state index in [4.69, 9.17) is 4.74 Å². The molecule has 1 unspecified atom stereocenters. The fourth-order valence-electron chi connectivity index (χ4n) is 2.63. The maximum Gasteiger partial charge on any atom is 0.419 e. The van der Waals surface area contributed by atoms with E-state index in [9.17, 15) is 17.6 Å². The van der Waals surface area contributed by atoms with Gasteiger partial charge in [-0.05, 0) is 30.5 Å². The predicted octanol–water partition coefficient (Wildman–Crippen LogP) is 4.06. The highest BCUT2D eigenvalue weighted by Crippen LogP contribution is 2.36. The van der Waals surface area contributed by atoms with Gasteiger partial charge in [0.1, 0.15) is 5.82 Å². The highest BCUT2D eigenvalue weighted by atomic mass is 19.4. The van der Waals surface area contributed by atoms with E-state index in [0.717, 1.165) is 25.0 Å². The van der Waals surface area contributed by atoms with Gasteiger partial charge in [-0.1, -0.05) is 19.9 Å². The van der Waals surface area contributed by atoms with E-state index in [1.807, 2.05) is 13.8 Å². The SMILES string of the molecule is CCC1(CC)CNCC(c2ccc(F)c(C(F)(F)F)c2)O1. The number of ether oxygens (including phenoxy) is 1. The molecule has 2 rings (SSSR count). The van der Waals surface area contributed by atoms with Crippen molar-refractivity contribution in [3.63, 3.8) is 0 Å². The fourth-order valence-corrected chi connectivity index (χ4v) is 2.63. The van der Waals surface area contributed by atoms with Gasteiger partial charge in [0.15, 0.2) is 0 Å². The van der Waals surface area contributed by atoms with E-state index in [2.05, 4.69) is 5.32 Å². The van der Waals surface area contributed by atoms with E-state index >= 15 is 0 Å². The van der Waals surface area contributed by atoms with Gasteiger partial charge in [-0.15, -0.1) is 0 Å². The molecule has 0 aliphatic carbocycles. The summed E-state index contributed by atoms with van der Waals surface area (Å²) in [6, 6.07) is 3.07. The van der Waals surface area contributed by atoms with Crippen molar-refractivity contribution in [1.82, 2.24) is 5.32 Å². The van der Waals surface area contributed by atoms with Crippen molar-refractivity contribution < 1.29 is 22.3 Å². The van der Waals surface area contributed by atoms with Crippen molar-refractivity contribution in [3.05, 3.63) is 35.1 Å². The molecule has 1 saturated heterocycles. The first-order chi connectivity index (χ1) is 9.81. The van der Waals surface area contributed by atoms with Gasteiger partial charge in [-0.2, -0.15) is 13.2 Å². The predicted molar refractivity (Wildman–Crippen MR) is 71.4 cm³/mol. The van der Waals surface area contributed by atoms with Crippen molar-refractivity contribution >= 4 is 0 Å². The molecule has 0 bridgehead atoms. The van der Waals surface area contributed by atoms with Crippen LogP contribution in [0.15, 0.2) is 18.2 Å². The standard InChI is InChI=1S/C15H19F4NO/c1-3-14(4-2)9-20-8-13(21-14)10-5-6-12(16)11(7-10)15(17,18)19/h5-7,13,20H,3-4,8-9H2,1-2H3. The van der Waals surface area contributed by atoms with Crippen LogP contribution < -0.4 is 5.32 Å². The van der Waals surface area contributed by atoms with Crippen LogP contribution in [0.4, 0.5) is 17.6 Å². The molecule has 0 spiro atoms. The summed E-state index contributed by atoms with van der Waals surface area (Å²) in [7, 11) is 0. The molecule has 0 aromatic heterocycles. The second-order valence-corrected chi connectivity index (χ2v) is 5.36. The van der Waals surface area contributed by atoms with Crippen LogP contribution in [-0.4, -0.2) is 18.7 Å². The van der Waals surface area contributed by atoms with Crippen LogP contribution in [0.1, 0.15) is 43.9 Å². The smallest absolute Gasteiger partial charge is 0.364 e. The lowest BCUT2D eigenvalue weighted by atomic mass is 9.93. The molecule has 118 valence electrons. The second-order valence-electron chi connectivity index (χ2n) is 5.36. The summed E-state index contributed by atoms with van der Waals surface area (Å²) >= 11 is 0. The fraction of sp³-hybridized carbons (Fsp3) is 0.600. The maximum atomic E-state index is 13.3. The Kier molecular flexibility index (Phi) is 4.58. The molecule has 21 heavy (non-hydrogen) atoms. The van der Waals surface area contributed by atoms with E-state index in [1.165, 1.54) is 6.07 Å². The maximum absolute atomic E-state index is 13.3. The molecule has 1 N–H and O–H groups in total. The summed E-state index contributed by atoms with van der Waals surface area (Å²) < 4.78 is 57.7. The van der Waals surface area contributed by atoms with E-state index < -0.39 is 23.7 Å². The third-order valence-electron chi connectivity index (χ3n) is 4.13. The molecule has 2 nitrogen and oxygen atoms in total. The van der Waals surface area contributed by atoms with Crippen LogP contribution in [0.5, 0.6) is 0 Å². The number of rotatable bonds is 3. The van der Waals surface area contributed by atoms with Crippen LogP contribution in [0.25, 0.3) is 0 Å². The van der Waals surface area contributed by atoms with Crippen LogP contribution in [0, 0.1) is 5.82 Å². The second kappa shape index (κ2) is 5.93. The van der Waals surface area contributed by atoms with Crippen molar-refractivity contribution in [3.8, 4) is 0 Å². The van der Waals surface area contributed by atoms with Gasteiger partial charge in [-0.3, -0.25) is 0 Å². The molecule has 1 aromatic carbocycles. The van der Waals surface area contributed by atoms with Crippen molar-refractivity contribution in [2.24, 2.45) is 0 Å². The molecule has 6 heteroatoms. The molecule has 0 radical (unpaired) electrons. The Labute approximate surface area is 121 Å². The highest BCUT2D eigenvalue weighted by Gasteiger charge is 2.37. The van der Waals surface area contributed by atoms with Crippen LogP contribution in [-0.2, 0) is 10.9 Å². The minimum absolute atomic E-state index is 0.349. The van der Waals surface area contributed by atoms with Crippen molar-refractivity contribution in [2.45, 2.75) is 44.6 Å². The molecule has 1 atom stereocenters.